The molecule has 0 radical (unpaired) electrons. The van der Waals surface area contributed by atoms with Gasteiger partial charge in [-0.3, -0.25) is 0 Å². The fourth-order valence-electron chi connectivity index (χ4n) is 0. The van der Waals surface area contributed by atoms with Crippen LogP contribution in [-0.2, 0) is 21.1 Å². The summed E-state index contributed by atoms with van der Waals surface area (Å²) in [5.74, 6) is 0. The van der Waals surface area contributed by atoms with E-state index in [-0.39, 0.29) is 21.1 Å². The van der Waals surface area contributed by atoms with Crippen LogP contribution >= 0.6 is 0 Å². The maximum Gasteiger partial charge on any atom is 0.472 e. The van der Waals surface area contributed by atoms with E-state index in [1.54, 1.807) is 0 Å². The minimum atomic E-state index is -1.25. The Balaban J connectivity index is -0.0000000720. The Hall–Kier alpha value is -0.912. The zero-order valence-electron chi connectivity index (χ0n) is 3.82. The van der Waals surface area contributed by atoms with E-state index in [0.29, 0.717) is 0 Å². The van der Waals surface area contributed by atoms with Crippen molar-refractivity contribution in [3.8, 4) is 0 Å². The Bertz CT molecular complexity index is 69.1. The molecule has 8 nitrogen and oxygen atoms in total. The molecule has 0 aliphatic rings. The Morgan fingerprint density at radius 3 is 0.778 bits per heavy atom. The Morgan fingerprint density at radius 2 is 0.778 bits per heavy atom. The molecule has 0 bridgehead atoms. The third-order valence-corrected chi connectivity index (χ3v) is 0. The van der Waals surface area contributed by atoms with Gasteiger partial charge < -0.3 is 0 Å². The molecule has 0 unspecified atom stereocenters. The molecule has 0 rings (SSSR count). The molecule has 0 aromatic heterocycles. The molecule has 0 saturated carbocycles. The van der Waals surface area contributed by atoms with Gasteiger partial charge in [-0.1, -0.05) is 0 Å². The first-order valence-electron chi connectivity index (χ1n) is 1.17. The van der Waals surface area contributed by atoms with Crippen LogP contribution in [0, 0.1) is 9.81 Å². The predicted octanol–water partition coefficient (Wildman–Crippen LogP) is -0.915. The summed E-state index contributed by atoms with van der Waals surface area (Å²) in [6.07, 6.45) is 0. The average molecular weight is 323 g/mol. The van der Waals surface area contributed by atoms with Crippen LogP contribution in [0.4, 0.5) is 0 Å². The summed E-state index contributed by atoms with van der Waals surface area (Å²) in [4.78, 5) is 16.9. The second-order valence-electron chi connectivity index (χ2n) is 0.505. The molecule has 9 heavy (non-hydrogen) atoms. The first-order valence-corrected chi connectivity index (χ1v) is 1.17. The Labute approximate surface area is 62.6 Å². The molecule has 0 atom stereocenters. The second-order valence-corrected chi connectivity index (χ2v) is 0.505. The summed E-state index contributed by atoms with van der Waals surface area (Å²) in [7, 11) is 0. The van der Waals surface area contributed by atoms with Crippen molar-refractivity contribution in [2.45, 2.75) is 0 Å². The van der Waals surface area contributed by atoms with Gasteiger partial charge in [0.15, 0.2) is 0 Å². The smallest absolute Gasteiger partial charge is 0.201 e. The maximum atomic E-state index is 8.47. The van der Waals surface area contributed by atoms with Gasteiger partial charge in [0.2, 0.25) is 0 Å². The van der Waals surface area contributed by atoms with Crippen molar-refractivity contribution in [1.29, 1.82) is 0 Å². The molecule has 0 aromatic carbocycles. The van der Waals surface area contributed by atoms with Crippen molar-refractivity contribution < 1.29 is 52.1 Å². The second kappa shape index (κ2) is 10.1. The molecule has 0 fully saturated rings. The molecule has 4 N–H and O–H groups in total. The zero-order chi connectivity index (χ0) is 7.15. The summed E-state index contributed by atoms with van der Waals surface area (Å²) >= 11 is 0. The van der Waals surface area contributed by atoms with Crippen LogP contribution in [0.25, 0.3) is 0 Å². The first-order chi connectivity index (χ1) is 3.46. The quantitative estimate of drug-likeness (QED) is 0.428. The van der Waals surface area contributed by atoms with E-state index in [1.807, 2.05) is 0 Å². The topological polar surface area (TPSA) is 121 Å². The molecule has 58 valence electrons. The van der Waals surface area contributed by atoms with Crippen LogP contribution in [0.5, 0.6) is 0 Å². The molecule has 0 aliphatic heterocycles. The van der Waals surface area contributed by atoms with Crippen LogP contribution < -0.4 is 0 Å². The molecule has 0 aromatic rings. The third-order valence-electron chi connectivity index (χ3n) is 0. The Morgan fingerprint density at radius 1 is 0.778 bits per heavy atom. The molecular weight excluding hydrogens is 319 g/mol. The molecule has 0 heterocycles. The van der Waals surface area contributed by atoms with Crippen LogP contribution in [0.1, 0.15) is 0 Å². The van der Waals surface area contributed by atoms with Gasteiger partial charge in [-0.05, 0) is 0 Å². The maximum absolute atomic E-state index is 8.47. The van der Waals surface area contributed by atoms with Crippen molar-refractivity contribution in [1.82, 2.24) is 0 Å². The van der Waals surface area contributed by atoms with Gasteiger partial charge in [-0.15, -0.1) is 0 Å². The van der Waals surface area contributed by atoms with E-state index < -0.39 is 10.2 Å². The number of rotatable bonds is 0. The fraction of sp³-hybridized carbons (Fsp3) is 0. The summed E-state index contributed by atoms with van der Waals surface area (Å²) in [6.45, 7) is 0. The summed E-state index contributed by atoms with van der Waals surface area (Å²) in [5.41, 5.74) is 0. The molecule has 0 aliphatic carbocycles. The van der Waals surface area contributed by atoms with Gasteiger partial charge in [0.1, 0.15) is 9.81 Å². The molecule has 0 saturated heterocycles. The predicted molar refractivity (Wildman–Crippen MR) is 14.4 cm³/mol. The normalized spacial score (nSPS) is 5.33. The first kappa shape index (κ1) is 15.7. The van der Waals surface area contributed by atoms with E-state index in [1.165, 1.54) is 0 Å². The fourth-order valence-corrected chi connectivity index (χ4v) is 0. The molecule has 9 heteroatoms. The van der Waals surface area contributed by atoms with Crippen LogP contribution in [0.3, 0.4) is 0 Å². The molecule has 0 spiro atoms. The van der Waals surface area contributed by atoms with Crippen LogP contribution in [0.15, 0.2) is 0 Å². The van der Waals surface area contributed by atoms with Crippen molar-refractivity contribution in [3.63, 3.8) is 0 Å². The summed E-state index contributed by atoms with van der Waals surface area (Å²) in [6, 6.07) is 0. The van der Waals surface area contributed by atoms with Crippen molar-refractivity contribution in [3.05, 3.63) is 9.81 Å². The van der Waals surface area contributed by atoms with Crippen molar-refractivity contribution in [2.75, 3.05) is 0 Å². The van der Waals surface area contributed by atoms with E-state index >= 15 is 0 Å². The summed E-state index contributed by atoms with van der Waals surface area (Å²) < 4.78 is 0. The minimum absolute atomic E-state index is 0. The Kier molecular flexibility index (Phi) is 17.7. The van der Waals surface area contributed by atoms with E-state index in [9.17, 15) is 0 Å². The van der Waals surface area contributed by atoms with E-state index in [2.05, 4.69) is 0 Å². The molecule has 0 amide bonds. The van der Waals surface area contributed by atoms with Gasteiger partial charge in [0.05, 0.1) is 0 Å². The zero-order valence-corrected chi connectivity index (χ0v) is 6.09. The van der Waals surface area contributed by atoms with E-state index in [4.69, 9.17) is 30.6 Å². The number of hydrogen-bond acceptors (Lipinski definition) is 2. The van der Waals surface area contributed by atoms with Crippen molar-refractivity contribution in [2.24, 2.45) is 0 Å². The van der Waals surface area contributed by atoms with Crippen LogP contribution in [-0.4, -0.2) is 31.0 Å². The summed E-state index contributed by atoms with van der Waals surface area (Å²) in [5, 5.41) is 25.1. The van der Waals surface area contributed by atoms with Gasteiger partial charge in [-0.2, -0.15) is 0 Å². The van der Waals surface area contributed by atoms with E-state index in [0.717, 1.165) is 0 Å². The largest absolute Gasteiger partial charge is 0.472 e. The van der Waals surface area contributed by atoms with Crippen molar-refractivity contribution >= 4 is 0 Å². The van der Waals surface area contributed by atoms with Gasteiger partial charge in [-0.25, -0.2) is 20.8 Å². The van der Waals surface area contributed by atoms with Gasteiger partial charge in [0, 0.05) is 21.1 Å². The minimum Gasteiger partial charge on any atom is -0.201 e. The SMILES string of the molecule is O=[N+](O)O.O=[N+](O)O.[Pt]. The monoisotopic (exact) mass is 323 g/mol. The number of hydrogen-bond donors (Lipinski definition) is 4. The molecular formula is H4N2O6Pt+2. The van der Waals surface area contributed by atoms with Gasteiger partial charge in [0.25, 0.3) is 0 Å². The number of nitrogens with zero attached hydrogens (tertiary/aromatic N) is 2. The average Bonchev–Trinajstić information content (AvgIpc) is 1.25. The van der Waals surface area contributed by atoms with Gasteiger partial charge >= 0.3 is 10.2 Å². The standard InChI is InChI=1S/2H2NO3.Pt/c2*2-1(3)4;/h2*(H2,2,3,4);/q2*+1;. The van der Waals surface area contributed by atoms with Crippen LogP contribution in [0.2, 0.25) is 0 Å². The third kappa shape index (κ3) is 221.